The summed E-state index contributed by atoms with van der Waals surface area (Å²) in [5.74, 6) is -1.56. The molecule has 0 bridgehead atoms. The molecule has 0 aromatic heterocycles. The number of nitrogens with zero attached hydrogens (tertiary/aromatic N) is 1. The van der Waals surface area contributed by atoms with Gasteiger partial charge in [0.25, 0.3) is 0 Å². The quantitative estimate of drug-likeness (QED) is 0.757. The van der Waals surface area contributed by atoms with Gasteiger partial charge in [0, 0.05) is 20.2 Å². The van der Waals surface area contributed by atoms with Crippen molar-refractivity contribution in [2.24, 2.45) is 5.92 Å². The number of nitrogens with one attached hydrogen (secondary N) is 1. The number of rotatable bonds is 5. The number of piperidine rings is 1. The molecule has 1 N–H and O–H groups in total. The number of amides is 1. The van der Waals surface area contributed by atoms with E-state index in [-0.39, 0.29) is 25.4 Å². The third-order valence-electron chi connectivity index (χ3n) is 2.96. The Kier molecular flexibility index (Phi) is 5.87. The van der Waals surface area contributed by atoms with Crippen molar-refractivity contribution < 1.29 is 22.7 Å². The lowest BCUT2D eigenvalue weighted by Crippen LogP contribution is -2.46. The number of carbonyl (C=O) groups excluding carboxylic acids is 1. The number of ether oxygens (including phenoxy) is 1. The molecule has 0 aliphatic carbocycles. The monoisotopic (exact) mass is 268 g/mol. The molecule has 1 amide bonds. The van der Waals surface area contributed by atoms with Crippen LogP contribution in [0, 0.1) is 5.92 Å². The maximum atomic E-state index is 12.6. The Balaban J connectivity index is 2.31. The fraction of sp³-hybridized carbons (Fsp3) is 0.909. The van der Waals surface area contributed by atoms with Crippen LogP contribution in [0.4, 0.5) is 13.2 Å². The third kappa shape index (κ3) is 5.22. The van der Waals surface area contributed by atoms with Gasteiger partial charge >= 0.3 is 6.18 Å². The van der Waals surface area contributed by atoms with Gasteiger partial charge in [0.1, 0.15) is 0 Å². The maximum Gasteiger partial charge on any atom is 0.393 e. The third-order valence-corrected chi connectivity index (χ3v) is 2.96. The second kappa shape index (κ2) is 6.94. The van der Waals surface area contributed by atoms with Gasteiger partial charge < -0.3 is 10.1 Å². The van der Waals surface area contributed by atoms with E-state index in [9.17, 15) is 18.0 Å². The van der Waals surface area contributed by atoms with Crippen molar-refractivity contribution in [1.29, 1.82) is 0 Å². The molecule has 0 spiro atoms. The summed E-state index contributed by atoms with van der Waals surface area (Å²) in [6.45, 7) is 1.27. The SMILES string of the molecule is COCCNC(=O)CN1CCCC(C(F)(F)F)C1. The molecule has 1 saturated heterocycles. The summed E-state index contributed by atoms with van der Waals surface area (Å²) < 4.78 is 42.4. The first kappa shape index (κ1) is 15.2. The van der Waals surface area contributed by atoms with E-state index >= 15 is 0 Å². The Hall–Kier alpha value is -0.820. The largest absolute Gasteiger partial charge is 0.393 e. The molecule has 1 rings (SSSR count). The van der Waals surface area contributed by atoms with E-state index in [0.29, 0.717) is 26.1 Å². The molecule has 18 heavy (non-hydrogen) atoms. The summed E-state index contributed by atoms with van der Waals surface area (Å²) in [5, 5.41) is 2.60. The first-order valence-electron chi connectivity index (χ1n) is 5.98. The van der Waals surface area contributed by atoms with Crippen molar-refractivity contribution in [2.45, 2.75) is 19.0 Å². The fourth-order valence-corrected chi connectivity index (χ4v) is 2.02. The zero-order valence-corrected chi connectivity index (χ0v) is 10.4. The van der Waals surface area contributed by atoms with Gasteiger partial charge in [-0.05, 0) is 19.4 Å². The van der Waals surface area contributed by atoms with Crippen molar-refractivity contribution in [1.82, 2.24) is 10.2 Å². The number of likely N-dealkylation sites (tertiary alicyclic amines) is 1. The number of hydrogen-bond donors (Lipinski definition) is 1. The number of halogens is 3. The lowest BCUT2D eigenvalue weighted by molar-refractivity contribution is -0.187. The van der Waals surface area contributed by atoms with Gasteiger partial charge in [-0.1, -0.05) is 0 Å². The molecular formula is C11H19F3N2O2. The molecule has 4 nitrogen and oxygen atoms in total. The molecule has 106 valence electrons. The molecule has 1 atom stereocenters. The lowest BCUT2D eigenvalue weighted by atomic mass is 9.97. The van der Waals surface area contributed by atoms with Crippen LogP contribution in [0.15, 0.2) is 0 Å². The second-order valence-corrected chi connectivity index (χ2v) is 4.46. The van der Waals surface area contributed by atoms with Gasteiger partial charge in [0.05, 0.1) is 19.1 Å². The molecule has 0 aromatic carbocycles. The molecule has 0 radical (unpaired) electrons. The summed E-state index contributed by atoms with van der Waals surface area (Å²) in [6.07, 6.45) is -3.52. The summed E-state index contributed by atoms with van der Waals surface area (Å²) in [5.41, 5.74) is 0. The molecule has 1 heterocycles. The van der Waals surface area contributed by atoms with Crippen LogP contribution in [-0.4, -0.2) is 56.9 Å². The molecule has 1 fully saturated rings. The Bertz CT molecular complexity index is 272. The Morgan fingerprint density at radius 2 is 2.22 bits per heavy atom. The van der Waals surface area contributed by atoms with E-state index in [1.807, 2.05) is 0 Å². The van der Waals surface area contributed by atoms with Crippen LogP contribution in [0.2, 0.25) is 0 Å². The summed E-state index contributed by atoms with van der Waals surface area (Å²) >= 11 is 0. The van der Waals surface area contributed by atoms with Crippen molar-refractivity contribution in [3.8, 4) is 0 Å². The zero-order chi connectivity index (χ0) is 13.6. The first-order chi connectivity index (χ1) is 8.43. The lowest BCUT2D eigenvalue weighted by Gasteiger charge is -2.33. The van der Waals surface area contributed by atoms with Gasteiger partial charge in [0.15, 0.2) is 0 Å². The number of alkyl halides is 3. The average molecular weight is 268 g/mol. The van der Waals surface area contributed by atoms with E-state index in [1.165, 1.54) is 7.11 Å². The maximum absolute atomic E-state index is 12.6. The molecular weight excluding hydrogens is 249 g/mol. The van der Waals surface area contributed by atoms with E-state index in [0.717, 1.165) is 0 Å². The predicted octanol–water partition coefficient (Wildman–Crippen LogP) is 1.02. The standard InChI is InChI=1S/C11H19F3N2O2/c1-18-6-4-15-10(17)8-16-5-2-3-9(7-16)11(12,13)14/h9H,2-8H2,1H3,(H,15,17). The van der Waals surface area contributed by atoms with Crippen LogP contribution < -0.4 is 5.32 Å². The zero-order valence-electron chi connectivity index (χ0n) is 10.4. The number of carbonyl (C=O) groups is 1. The average Bonchev–Trinajstić information content (AvgIpc) is 2.28. The minimum Gasteiger partial charge on any atom is -0.383 e. The highest BCUT2D eigenvalue weighted by molar-refractivity contribution is 5.77. The minimum absolute atomic E-state index is 0.0241. The highest BCUT2D eigenvalue weighted by Crippen LogP contribution is 2.32. The first-order valence-corrected chi connectivity index (χ1v) is 5.98. The van der Waals surface area contributed by atoms with Gasteiger partial charge in [-0.15, -0.1) is 0 Å². The summed E-state index contributed by atoms with van der Waals surface area (Å²) in [7, 11) is 1.52. The van der Waals surface area contributed by atoms with Crippen molar-refractivity contribution >= 4 is 5.91 Å². The smallest absolute Gasteiger partial charge is 0.383 e. The van der Waals surface area contributed by atoms with Crippen LogP contribution in [-0.2, 0) is 9.53 Å². The highest BCUT2D eigenvalue weighted by Gasteiger charge is 2.41. The molecule has 1 aliphatic rings. The molecule has 0 aromatic rings. The van der Waals surface area contributed by atoms with Gasteiger partial charge in [-0.3, -0.25) is 9.69 Å². The highest BCUT2D eigenvalue weighted by atomic mass is 19.4. The van der Waals surface area contributed by atoms with Crippen LogP contribution in [0.1, 0.15) is 12.8 Å². The van der Waals surface area contributed by atoms with Crippen molar-refractivity contribution in [3.63, 3.8) is 0 Å². The van der Waals surface area contributed by atoms with Crippen molar-refractivity contribution in [3.05, 3.63) is 0 Å². The van der Waals surface area contributed by atoms with Crippen LogP contribution in [0.3, 0.4) is 0 Å². The molecule has 1 aliphatic heterocycles. The van der Waals surface area contributed by atoms with Crippen molar-refractivity contribution in [2.75, 3.05) is 39.9 Å². The van der Waals surface area contributed by atoms with Gasteiger partial charge in [0.2, 0.25) is 5.91 Å². The number of methoxy groups -OCH3 is 1. The van der Waals surface area contributed by atoms with Gasteiger partial charge in [-0.2, -0.15) is 13.2 Å². The van der Waals surface area contributed by atoms with Gasteiger partial charge in [-0.25, -0.2) is 0 Å². The van der Waals surface area contributed by atoms with E-state index in [2.05, 4.69) is 5.32 Å². The Labute approximate surface area is 104 Å². The van der Waals surface area contributed by atoms with Crippen LogP contribution in [0.5, 0.6) is 0 Å². The minimum atomic E-state index is -4.16. The Morgan fingerprint density at radius 3 is 2.83 bits per heavy atom. The van der Waals surface area contributed by atoms with E-state index in [1.54, 1.807) is 4.90 Å². The molecule has 0 saturated carbocycles. The summed E-state index contributed by atoms with van der Waals surface area (Å²) in [6, 6.07) is 0. The van der Waals surface area contributed by atoms with E-state index < -0.39 is 12.1 Å². The van der Waals surface area contributed by atoms with E-state index in [4.69, 9.17) is 4.74 Å². The summed E-state index contributed by atoms with van der Waals surface area (Å²) in [4.78, 5) is 13.0. The normalized spacial score (nSPS) is 21.9. The Morgan fingerprint density at radius 1 is 1.50 bits per heavy atom. The predicted molar refractivity (Wildman–Crippen MR) is 60.1 cm³/mol. The van der Waals surface area contributed by atoms with Crippen LogP contribution in [0.25, 0.3) is 0 Å². The molecule has 1 unspecified atom stereocenters. The number of hydrogen-bond acceptors (Lipinski definition) is 3. The fourth-order valence-electron chi connectivity index (χ4n) is 2.02. The van der Waals surface area contributed by atoms with Crippen LogP contribution >= 0.6 is 0 Å². The second-order valence-electron chi connectivity index (χ2n) is 4.46. The topological polar surface area (TPSA) is 41.6 Å². The molecule has 7 heteroatoms.